The standard InChI is InChI=1S/C15H20FNO2/c1-5-19-15(18)11(3)9-17-12(4)13-7-6-10(2)14(16)8-13/h6-8,12,17H,3,5,9H2,1-2,4H3. The molecule has 1 N–H and O–H groups in total. The monoisotopic (exact) mass is 265 g/mol. The summed E-state index contributed by atoms with van der Waals surface area (Å²) in [4.78, 5) is 11.4. The molecule has 0 aliphatic carbocycles. The van der Waals surface area contributed by atoms with Gasteiger partial charge in [-0.3, -0.25) is 0 Å². The Kier molecular flexibility index (Phi) is 5.70. The first-order chi connectivity index (χ1) is 8.95. The van der Waals surface area contributed by atoms with E-state index in [1.165, 1.54) is 6.07 Å². The highest BCUT2D eigenvalue weighted by Crippen LogP contribution is 2.16. The van der Waals surface area contributed by atoms with Crippen LogP contribution in [0.5, 0.6) is 0 Å². The lowest BCUT2D eigenvalue weighted by Crippen LogP contribution is -2.24. The van der Waals surface area contributed by atoms with E-state index in [4.69, 9.17) is 4.74 Å². The third kappa shape index (κ3) is 4.48. The van der Waals surface area contributed by atoms with Crippen LogP contribution in [0.25, 0.3) is 0 Å². The summed E-state index contributed by atoms with van der Waals surface area (Å²) in [6, 6.07) is 5.04. The molecule has 19 heavy (non-hydrogen) atoms. The van der Waals surface area contributed by atoms with Crippen molar-refractivity contribution in [2.45, 2.75) is 26.8 Å². The van der Waals surface area contributed by atoms with Gasteiger partial charge in [0.15, 0.2) is 0 Å². The molecule has 0 aliphatic rings. The smallest absolute Gasteiger partial charge is 0.334 e. The molecular weight excluding hydrogens is 245 g/mol. The molecule has 104 valence electrons. The number of carbonyl (C=O) groups is 1. The summed E-state index contributed by atoms with van der Waals surface area (Å²) in [6.07, 6.45) is 0. The number of ether oxygens (including phenoxy) is 1. The quantitative estimate of drug-likeness (QED) is 0.635. The molecule has 0 aromatic heterocycles. The minimum atomic E-state index is -0.405. The first-order valence-corrected chi connectivity index (χ1v) is 6.30. The molecule has 1 aromatic rings. The molecule has 4 heteroatoms. The summed E-state index contributed by atoms with van der Waals surface area (Å²) in [6.45, 7) is 9.68. The lowest BCUT2D eigenvalue weighted by molar-refractivity contribution is -0.138. The van der Waals surface area contributed by atoms with Crippen LogP contribution in [0.4, 0.5) is 4.39 Å². The minimum Gasteiger partial charge on any atom is -0.463 e. The van der Waals surface area contributed by atoms with E-state index in [-0.39, 0.29) is 11.9 Å². The third-order valence-corrected chi connectivity index (χ3v) is 2.88. The summed E-state index contributed by atoms with van der Waals surface area (Å²) in [7, 11) is 0. The number of aryl methyl sites for hydroxylation is 1. The molecule has 1 rings (SSSR count). The van der Waals surface area contributed by atoms with Crippen LogP contribution in [0.15, 0.2) is 30.4 Å². The van der Waals surface area contributed by atoms with Crippen molar-refractivity contribution < 1.29 is 13.9 Å². The van der Waals surface area contributed by atoms with Gasteiger partial charge in [0.2, 0.25) is 0 Å². The van der Waals surface area contributed by atoms with Gasteiger partial charge in [-0.05, 0) is 38.0 Å². The molecule has 0 saturated carbocycles. The van der Waals surface area contributed by atoms with E-state index in [0.717, 1.165) is 5.56 Å². The zero-order valence-corrected chi connectivity index (χ0v) is 11.6. The van der Waals surface area contributed by atoms with Crippen molar-refractivity contribution in [2.75, 3.05) is 13.2 Å². The fraction of sp³-hybridized carbons (Fsp3) is 0.400. The van der Waals surface area contributed by atoms with Crippen molar-refractivity contribution in [3.05, 3.63) is 47.3 Å². The summed E-state index contributed by atoms with van der Waals surface area (Å²) in [5.74, 6) is -0.632. The highest BCUT2D eigenvalue weighted by Gasteiger charge is 2.11. The molecule has 0 fully saturated rings. The number of esters is 1. The maximum absolute atomic E-state index is 13.4. The predicted octanol–water partition coefficient (Wildman–Crippen LogP) is 2.90. The van der Waals surface area contributed by atoms with Gasteiger partial charge in [0.05, 0.1) is 6.61 Å². The Bertz CT molecular complexity index is 471. The van der Waals surface area contributed by atoms with E-state index in [1.54, 1.807) is 19.9 Å². The second kappa shape index (κ2) is 7.04. The zero-order chi connectivity index (χ0) is 14.4. The number of hydrogen-bond donors (Lipinski definition) is 1. The number of hydrogen-bond acceptors (Lipinski definition) is 3. The second-order valence-electron chi connectivity index (χ2n) is 4.44. The van der Waals surface area contributed by atoms with Crippen LogP contribution in [-0.4, -0.2) is 19.1 Å². The second-order valence-corrected chi connectivity index (χ2v) is 4.44. The maximum Gasteiger partial charge on any atom is 0.334 e. The van der Waals surface area contributed by atoms with Crippen molar-refractivity contribution in [2.24, 2.45) is 0 Å². The van der Waals surface area contributed by atoms with E-state index in [2.05, 4.69) is 11.9 Å². The lowest BCUT2D eigenvalue weighted by Gasteiger charge is -2.15. The largest absolute Gasteiger partial charge is 0.463 e. The summed E-state index contributed by atoms with van der Waals surface area (Å²) < 4.78 is 18.3. The van der Waals surface area contributed by atoms with Crippen molar-refractivity contribution in [1.82, 2.24) is 5.32 Å². The van der Waals surface area contributed by atoms with Crippen LogP contribution >= 0.6 is 0 Å². The van der Waals surface area contributed by atoms with Gasteiger partial charge in [-0.2, -0.15) is 0 Å². The molecule has 1 atom stereocenters. The molecule has 1 aromatic carbocycles. The van der Waals surface area contributed by atoms with E-state index in [0.29, 0.717) is 24.3 Å². The number of rotatable bonds is 6. The van der Waals surface area contributed by atoms with E-state index in [1.807, 2.05) is 13.0 Å². The summed E-state index contributed by atoms with van der Waals surface area (Å²) in [5.41, 5.74) is 1.81. The van der Waals surface area contributed by atoms with Gasteiger partial charge in [0.25, 0.3) is 0 Å². The Balaban J connectivity index is 2.55. The average molecular weight is 265 g/mol. The SMILES string of the molecule is C=C(CNC(C)c1ccc(C)c(F)c1)C(=O)OCC. The molecule has 3 nitrogen and oxygen atoms in total. The van der Waals surface area contributed by atoms with Crippen molar-refractivity contribution in [3.8, 4) is 0 Å². The van der Waals surface area contributed by atoms with Crippen LogP contribution in [0.1, 0.15) is 31.0 Å². The normalized spacial score (nSPS) is 12.0. The fourth-order valence-corrected chi connectivity index (χ4v) is 1.58. The first-order valence-electron chi connectivity index (χ1n) is 6.30. The van der Waals surface area contributed by atoms with Gasteiger partial charge < -0.3 is 10.1 Å². The summed E-state index contributed by atoms with van der Waals surface area (Å²) >= 11 is 0. The number of nitrogens with one attached hydrogen (secondary N) is 1. The number of carbonyl (C=O) groups excluding carboxylic acids is 1. The van der Waals surface area contributed by atoms with Gasteiger partial charge in [0.1, 0.15) is 5.82 Å². The van der Waals surface area contributed by atoms with Crippen molar-refractivity contribution in [1.29, 1.82) is 0 Å². The van der Waals surface area contributed by atoms with E-state index >= 15 is 0 Å². The van der Waals surface area contributed by atoms with E-state index in [9.17, 15) is 9.18 Å². The molecule has 0 aliphatic heterocycles. The van der Waals surface area contributed by atoms with Crippen molar-refractivity contribution in [3.63, 3.8) is 0 Å². The lowest BCUT2D eigenvalue weighted by atomic mass is 10.1. The molecule has 0 saturated heterocycles. The average Bonchev–Trinajstić information content (AvgIpc) is 2.39. The van der Waals surface area contributed by atoms with Gasteiger partial charge in [-0.1, -0.05) is 18.7 Å². The van der Waals surface area contributed by atoms with Gasteiger partial charge in [-0.15, -0.1) is 0 Å². The molecular formula is C15H20FNO2. The van der Waals surface area contributed by atoms with Gasteiger partial charge in [-0.25, -0.2) is 9.18 Å². The fourth-order valence-electron chi connectivity index (χ4n) is 1.58. The van der Waals surface area contributed by atoms with E-state index < -0.39 is 5.97 Å². The molecule has 0 bridgehead atoms. The third-order valence-electron chi connectivity index (χ3n) is 2.88. The van der Waals surface area contributed by atoms with Gasteiger partial charge in [0, 0.05) is 18.2 Å². The molecule has 0 radical (unpaired) electrons. The van der Waals surface area contributed by atoms with Crippen LogP contribution in [0, 0.1) is 12.7 Å². The summed E-state index contributed by atoms with van der Waals surface area (Å²) in [5, 5.41) is 3.12. The highest BCUT2D eigenvalue weighted by molar-refractivity contribution is 5.88. The van der Waals surface area contributed by atoms with Crippen LogP contribution < -0.4 is 5.32 Å². The first kappa shape index (κ1) is 15.4. The molecule has 0 spiro atoms. The molecule has 0 amide bonds. The molecule has 0 heterocycles. The van der Waals surface area contributed by atoms with Crippen LogP contribution in [-0.2, 0) is 9.53 Å². The Morgan fingerprint density at radius 1 is 1.53 bits per heavy atom. The van der Waals surface area contributed by atoms with Crippen LogP contribution in [0.2, 0.25) is 0 Å². The van der Waals surface area contributed by atoms with Gasteiger partial charge >= 0.3 is 5.97 Å². The van der Waals surface area contributed by atoms with Crippen molar-refractivity contribution >= 4 is 5.97 Å². The number of halogens is 1. The Morgan fingerprint density at radius 2 is 2.21 bits per heavy atom. The Labute approximate surface area is 113 Å². The topological polar surface area (TPSA) is 38.3 Å². The number of benzene rings is 1. The minimum absolute atomic E-state index is 0.0683. The maximum atomic E-state index is 13.4. The highest BCUT2D eigenvalue weighted by atomic mass is 19.1. The Morgan fingerprint density at radius 3 is 2.79 bits per heavy atom. The van der Waals surface area contributed by atoms with Crippen LogP contribution in [0.3, 0.4) is 0 Å². The zero-order valence-electron chi connectivity index (χ0n) is 11.6. The predicted molar refractivity (Wildman–Crippen MR) is 73.3 cm³/mol. The molecule has 1 unspecified atom stereocenters. The Hall–Kier alpha value is -1.68.